The highest BCUT2D eigenvalue weighted by atomic mass is 79.9. The van der Waals surface area contributed by atoms with Gasteiger partial charge in [-0.2, -0.15) is 0 Å². The molecule has 4 aromatic rings. The van der Waals surface area contributed by atoms with Crippen LogP contribution in [-0.2, 0) is 13.1 Å². The van der Waals surface area contributed by atoms with Crippen molar-refractivity contribution in [2.45, 2.75) is 30.7 Å². The van der Waals surface area contributed by atoms with Gasteiger partial charge in [-0.05, 0) is 50.2 Å². The topological polar surface area (TPSA) is 61.1 Å². The Morgan fingerprint density at radius 2 is 1.15 bits per heavy atom. The standard InChI is InChI=1S/C14H10Br2ClF2NO.C14H10ClF2NO2/c1-2-20-12(11-9(18)4-3-5-10(11)19)7(13(15)16)6-8(17)14(20)21;1-2-18-13(8(7-19)6-9(15)14(18)20)12-10(16)4-3-5-11(12)17/h3-6,13H,2H2,1H3;3-7H,2H2,1H3. The zero-order valence-electron chi connectivity index (χ0n) is 21.3. The van der Waals surface area contributed by atoms with Crippen molar-refractivity contribution in [3.8, 4) is 22.5 Å². The highest BCUT2D eigenvalue weighted by Gasteiger charge is 2.24. The van der Waals surface area contributed by atoms with E-state index in [1.807, 2.05) is 0 Å². The summed E-state index contributed by atoms with van der Waals surface area (Å²) >= 11 is 18.3. The largest absolute Gasteiger partial charge is 0.307 e. The molecule has 0 fully saturated rings. The first kappa shape index (κ1) is 32.8. The second-order valence-corrected chi connectivity index (χ2v) is 12.2. The molecule has 0 saturated heterocycles. The fraction of sp³-hybridized carbons (Fsp3) is 0.179. The molecule has 0 atom stereocenters. The lowest BCUT2D eigenvalue weighted by molar-refractivity contribution is 0.112. The Morgan fingerprint density at radius 3 is 1.54 bits per heavy atom. The zero-order valence-corrected chi connectivity index (χ0v) is 26.0. The summed E-state index contributed by atoms with van der Waals surface area (Å²) in [5.41, 5.74) is -1.24. The smallest absolute Gasteiger partial charge is 0.269 e. The SMILES string of the molecule is CCn1c(-c2c(F)cccc2F)c(C(Br)Br)cc(Cl)c1=O.CCn1c(-c2c(F)cccc2F)c(C=O)cc(Cl)c1=O. The monoisotopic (exact) mass is 736 g/mol. The first-order valence-corrected chi connectivity index (χ1v) is 14.5. The van der Waals surface area contributed by atoms with E-state index in [1.54, 1.807) is 13.8 Å². The van der Waals surface area contributed by atoms with Gasteiger partial charge >= 0.3 is 0 Å². The van der Waals surface area contributed by atoms with E-state index in [2.05, 4.69) is 31.9 Å². The van der Waals surface area contributed by atoms with E-state index in [9.17, 15) is 31.9 Å². The van der Waals surface area contributed by atoms with Crippen molar-refractivity contribution in [2.75, 3.05) is 0 Å². The predicted octanol–water partition coefficient (Wildman–Crippen LogP) is 8.53. The minimum atomic E-state index is -0.850. The second kappa shape index (κ2) is 14.0. The Bertz CT molecular complexity index is 1700. The van der Waals surface area contributed by atoms with Crippen LogP contribution in [0.5, 0.6) is 0 Å². The fourth-order valence-electron chi connectivity index (χ4n) is 4.17. The highest BCUT2D eigenvalue weighted by molar-refractivity contribution is 9.24. The Hall–Kier alpha value is -2.73. The first-order chi connectivity index (χ1) is 19.4. The van der Waals surface area contributed by atoms with Gasteiger partial charge in [0.15, 0.2) is 6.29 Å². The highest BCUT2D eigenvalue weighted by Crippen LogP contribution is 2.39. The molecule has 4 rings (SSSR count). The molecule has 2 heterocycles. The van der Waals surface area contributed by atoms with Crippen LogP contribution in [0.2, 0.25) is 10.0 Å². The molecule has 0 unspecified atom stereocenters. The van der Waals surface area contributed by atoms with Crippen LogP contribution in [0.15, 0.2) is 58.1 Å². The summed E-state index contributed by atoms with van der Waals surface area (Å²) in [4.78, 5) is 35.2. The van der Waals surface area contributed by atoms with Gasteiger partial charge in [0.1, 0.15) is 33.3 Å². The van der Waals surface area contributed by atoms with Crippen LogP contribution >= 0.6 is 55.1 Å². The number of alkyl halides is 2. The molecular formula is C28H20Br2Cl2F4N2O3. The summed E-state index contributed by atoms with van der Waals surface area (Å²) in [6.45, 7) is 3.70. The van der Waals surface area contributed by atoms with E-state index < -0.39 is 43.7 Å². The minimum Gasteiger partial charge on any atom is -0.307 e. The second-order valence-electron chi connectivity index (χ2n) is 8.30. The van der Waals surface area contributed by atoms with Crippen LogP contribution in [0.4, 0.5) is 17.6 Å². The number of halogens is 8. The van der Waals surface area contributed by atoms with Gasteiger partial charge in [-0.1, -0.05) is 67.2 Å². The third kappa shape index (κ3) is 6.69. The van der Waals surface area contributed by atoms with Crippen molar-refractivity contribution in [1.82, 2.24) is 9.13 Å². The molecule has 0 saturated carbocycles. The number of carbonyl (C=O) groups is 1. The lowest BCUT2D eigenvalue weighted by Gasteiger charge is -2.18. The minimum absolute atomic E-state index is 0.00347. The Balaban J connectivity index is 0.000000226. The van der Waals surface area contributed by atoms with Crippen LogP contribution in [-0.4, -0.2) is 15.4 Å². The molecule has 0 radical (unpaired) electrons. The molecular weight excluding hydrogens is 719 g/mol. The van der Waals surface area contributed by atoms with E-state index in [0.29, 0.717) is 11.8 Å². The van der Waals surface area contributed by atoms with Crippen molar-refractivity contribution in [3.63, 3.8) is 0 Å². The maximum absolute atomic E-state index is 14.1. The van der Waals surface area contributed by atoms with Crippen LogP contribution in [0.25, 0.3) is 22.5 Å². The molecule has 0 amide bonds. The molecule has 5 nitrogen and oxygen atoms in total. The normalized spacial score (nSPS) is 10.9. The summed E-state index contributed by atoms with van der Waals surface area (Å²) in [6.07, 6.45) is 0.415. The quantitative estimate of drug-likeness (QED) is 0.113. The van der Waals surface area contributed by atoms with Crippen molar-refractivity contribution in [1.29, 1.82) is 0 Å². The fourth-order valence-corrected chi connectivity index (χ4v) is 5.31. The van der Waals surface area contributed by atoms with Gasteiger partial charge in [0.2, 0.25) is 0 Å². The van der Waals surface area contributed by atoms with E-state index in [0.717, 1.165) is 34.9 Å². The number of benzene rings is 2. The Labute approximate surface area is 258 Å². The Morgan fingerprint density at radius 1 is 0.756 bits per heavy atom. The van der Waals surface area contributed by atoms with Crippen molar-refractivity contribution >= 4 is 61.3 Å². The van der Waals surface area contributed by atoms with Crippen LogP contribution in [0.1, 0.15) is 33.5 Å². The number of pyridine rings is 2. The van der Waals surface area contributed by atoms with Gasteiger partial charge in [-0.15, -0.1) is 0 Å². The van der Waals surface area contributed by atoms with Crippen molar-refractivity contribution in [2.24, 2.45) is 0 Å². The number of nitrogens with zero attached hydrogens (tertiary/aromatic N) is 2. The number of rotatable bonds is 6. The van der Waals surface area contributed by atoms with Gasteiger partial charge in [0.25, 0.3) is 11.1 Å². The Kier molecular flexibility index (Phi) is 11.2. The van der Waals surface area contributed by atoms with E-state index in [1.165, 1.54) is 22.8 Å². The predicted molar refractivity (Wildman–Crippen MR) is 159 cm³/mol. The average molecular weight is 739 g/mol. The summed E-state index contributed by atoms with van der Waals surface area (Å²) in [6, 6.07) is 9.43. The van der Waals surface area contributed by atoms with Gasteiger partial charge in [0.05, 0.1) is 26.3 Å². The number of aromatic nitrogens is 2. The molecule has 2 aromatic heterocycles. The van der Waals surface area contributed by atoms with E-state index in [4.69, 9.17) is 23.2 Å². The average Bonchev–Trinajstić information content (AvgIpc) is 2.92. The van der Waals surface area contributed by atoms with E-state index in [-0.39, 0.29) is 45.6 Å². The summed E-state index contributed by atoms with van der Waals surface area (Å²) in [5, 5.41) is -0.175. The summed E-state index contributed by atoms with van der Waals surface area (Å²) in [5.74, 6) is -3.17. The van der Waals surface area contributed by atoms with Gasteiger partial charge < -0.3 is 9.13 Å². The zero-order chi connectivity index (χ0) is 30.6. The lowest BCUT2D eigenvalue weighted by Crippen LogP contribution is -2.23. The maximum Gasteiger partial charge on any atom is 0.269 e. The molecule has 0 bridgehead atoms. The molecule has 13 heteroatoms. The van der Waals surface area contributed by atoms with Crippen molar-refractivity contribution in [3.05, 3.63) is 114 Å². The van der Waals surface area contributed by atoms with Crippen LogP contribution in [0.3, 0.4) is 0 Å². The number of aldehydes is 1. The van der Waals surface area contributed by atoms with Gasteiger partial charge in [0, 0.05) is 24.2 Å². The molecule has 0 aliphatic rings. The molecule has 0 aliphatic heterocycles. The summed E-state index contributed by atoms with van der Waals surface area (Å²) in [7, 11) is 0. The molecule has 0 aliphatic carbocycles. The van der Waals surface area contributed by atoms with Crippen LogP contribution < -0.4 is 11.1 Å². The van der Waals surface area contributed by atoms with E-state index >= 15 is 0 Å². The summed E-state index contributed by atoms with van der Waals surface area (Å²) < 4.78 is 57.9. The molecule has 0 spiro atoms. The third-order valence-corrected chi connectivity index (χ3v) is 7.47. The molecule has 41 heavy (non-hydrogen) atoms. The maximum atomic E-state index is 14.1. The molecule has 216 valence electrons. The molecule has 0 N–H and O–H groups in total. The number of hydrogen-bond acceptors (Lipinski definition) is 3. The van der Waals surface area contributed by atoms with Crippen LogP contribution in [0, 0.1) is 23.3 Å². The lowest BCUT2D eigenvalue weighted by atomic mass is 10.0. The molecule has 2 aromatic carbocycles. The number of carbonyl (C=O) groups excluding carboxylic acids is 1. The van der Waals surface area contributed by atoms with Gasteiger partial charge in [-0.3, -0.25) is 14.4 Å². The number of hydrogen-bond donors (Lipinski definition) is 0. The first-order valence-electron chi connectivity index (χ1n) is 11.9. The third-order valence-electron chi connectivity index (χ3n) is 5.94. The van der Waals surface area contributed by atoms with Crippen molar-refractivity contribution < 1.29 is 22.4 Å². The van der Waals surface area contributed by atoms with Gasteiger partial charge in [-0.25, -0.2) is 17.6 Å².